The van der Waals surface area contributed by atoms with Crippen LogP contribution in [-0.4, -0.2) is 25.6 Å². The normalized spacial score (nSPS) is 29.2. The summed E-state index contributed by atoms with van der Waals surface area (Å²) in [6.45, 7) is 11.2. The van der Waals surface area contributed by atoms with Gasteiger partial charge in [-0.2, -0.15) is 0 Å². The van der Waals surface area contributed by atoms with E-state index in [1.165, 1.54) is 6.42 Å². The van der Waals surface area contributed by atoms with Crippen molar-refractivity contribution in [2.75, 3.05) is 0 Å². The van der Waals surface area contributed by atoms with Gasteiger partial charge in [-0.25, -0.2) is 0 Å². The second-order valence-electron chi connectivity index (χ2n) is 6.27. The highest BCUT2D eigenvalue weighted by Crippen LogP contribution is 2.39. The van der Waals surface area contributed by atoms with Crippen molar-refractivity contribution in [2.45, 2.75) is 76.8 Å². The largest absolute Gasteiger partial charge is 0.411 e. The first-order chi connectivity index (χ1) is 6.74. The zero-order valence-corrected chi connectivity index (χ0v) is 11.8. The van der Waals surface area contributed by atoms with Gasteiger partial charge in [-0.1, -0.05) is 33.6 Å². The van der Waals surface area contributed by atoms with E-state index in [0.29, 0.717) is 0 Å². The van der Waals surface area contributed by atoms with Gasteiger partial charge < -0.3 is 9.53 Å². The fourth-order valence-corrected chi connectivity index (χ4v) is 3.16. The molecule has 0 saturated heterocycles. The monoisotopic (exact) mass is 230 g/mol. The minimum Gasteiger partial charge on any atom is -0.411 e. The lowest BCUT2D eigenvalue weighted by atomic mass is 9.95. The summed E-state index contributed by atoms with van der Waals surface area (Å²) >= 11 is 0. The predicted octanol–water partition coefficient (Wildman–Crippen LogP) is 3.31. The van der Waals surface area contributed by atoms with Crippen molar-refractivity contribution in [1.29, 1.82) is 0 Å². The van der Waals surface area contributed by atoms with Gasteiger partial charge in [-0.05, 0) is 31.0 Å². The maximum absolute atomic E-state index is 9.90. The van der Waals surface area contributed by atoms with Crippen LogP contribution in [-0.2, 0) is 4.43 Å². The van der Waals surface area contributed by atoms with Crippen LogP contribution < -0.4 is 0 Å². The van der Waals surface area contributed by atoms with Crippen LogP contribution >= 0.6 is 0 Å². The molecule has 0 radical (unpaired) electrons. The number of aliphatic hydroxyl groups is 1. The summed E-state index contributed by atoms with van der Waals surface area (Å²) in [6, 6.07) is 0. The third kappa shape index (κ3) is 3.30. The lowest BCUT2D eigenvalue weighted by Crippen LogP contribution is -2.47. The Bertz CT molecular complexity index is 208. The van der Waals surface area contributed by atoms with Crippen LogP contribution in [0.3, 0.4) is 0 Å². The van der Waals surface area contributed by atoms with Crippen molar-refractivity contribution in [2.24, 2.45) is 0 Å². The van der Waals surface area contributed by atoms with Crippen molar-refractivity contribution < 1.29 is 9.53 Å². The Kier molecular flexibility index (Phi) is 4.01. The fraction of sp³-hybridized carbons (Fsp3) is 1.00. The van der Waals surface area contributed by atoms with Crippen LogP contribution in [0.25, 0.3) is 0 Å². The number of aliphatic hydroxyl groups excluding tert-OH is 1. The van der Waals surface area contributed by atoms with Gasteiger partial charge in [-0.15, -0.1) is 0 Å². The molecule has 15 heavy (non-hydrogen) atoms. The van der Waals surface area contributed by atoms with Crippen LogP contribution in [0.2, 0.25) is 18.1 Å². The topological polar surface area (TPSA) is 29.5 Å². The van der Waals surface area contributed by atoms with Crippen LogP contribution in [0.5, 0.6) is 0 Å². The van der Waals surface area contributed by atoms with Gasteiger partial charge in [0.2, 0.25) is 0 Å². The molecule has 3 heteroatoms. The number of rotatable bonds is 2. The number of hydrogen-bond donors (Lipinski definition) is 1. The summed E-state index contributed by atoms with van der Waals surface area (Å²) in [4.78, 5) is 0. The lowest BCUT2D eigenvalue weighted by Gasteiger charge is -2.41. The molecule has 0 bridgehead atoms. The minimum atomic E-state index is -1.69. The molecule has 0 aromatic rings. The summed E-state index contributed by atoms with van der Waals surface area (Å²) in [5, 5.41) is 10.1. The molecule has 1 saturated carbocycles. The zero-order chi connectivity index (χ0) is 11.7. The van der Waals surface area contributed by atoms with E-state index in [4.69, 9.17) is 4.43 Å². The van der Waals surface area contributed by atoms with E-state index < -0.39 is 8.32 Å². The van der Waals surface area contributed by atoms with Gasteiger partial charge in [0.1, 0.15) is 0 Å². The van der Waals surface area contributed by atoms with E-state index in [1.54, 1.807) is 0 Å². The number of hydrogen-bond acceptors (Lipinski definition) is 2. The highest BCUT2D eigenvalue weighted by molar-refractivity contribution is 6.74. The van der Waals surface area contributed by atoms with Crippen molar-refractivity contribution in [3.8, 4) is 0 Å². The van der Waals surface area contributed by atoms with E-state index in [9.17, 15) is 5.11 Å². The molecule has 0 aliphatic heterocycles. The first kappa shape index (κ1) is 13.2. The smallest absolute Gasteiger partial charge is 0.192 e. The molecule has 0 aromatic carbocycles. The third-order valence-corrected chi connectivity index (χ3v) is 8.42. The minimum absolute atomic E-state index is 0.0969. The molecule has 0 aromatic heterocycles. The molecule has 1 aliphatic rings. The van der Waals surface area contributed by atoms with E-state index in [-0.39, 0.29) is 17.2 Å². The molecule has 0 unspecified atom stereocenters. The summed E-state index contributed by atoms with van der Waals surface area (Å²) in [5.41, 5.74) is 0. The molecule has 1 fully saturated rings. The van der Waals surface area contributed by atoms with Crippen molar-refractivity contribution in [1.82, 2.24) is 0 Å². The van der Waals surface area contributed by atoms with Crippen LogP contribution in [0.4, 0.5) is 0 Å². The lowest BCUT2D eigenvalue weighted by molar-refractivity contribution is -0.000962. The second kappa shape index (κ2) is 4.56. The van der Waals surface area contributed by atoms with E-state index in [0.717, 1.165) is 19.3 Å². The Labute approximate surface area is 95.2 Å². The first-order valence-electron chi connectivity index (χ1n) is 6.10. The van der Waals surface area contributed by atoms with E-state index >= 15 is 0 Å². The SMILES string of the molecule is CC(C)(C)[Si](C)(C)O[C@@H]1CCCC[C@@H]1O. The van der Waals surface area contributed by atoms with Gasteiger partial charge in [0, 0.05) is 0 Å². The fourth-order valence-electron chi connectivity index (χ4n) is 1.77. The summed E-state index contributed by atoms with van der Waals surface area (Å²) in [7, 11) is -1.69. The highest BCUT2D eigenvalue weighted by atomic mass is 28.4. The van der Waals surface area contributed by atoms with Gasteiger partial charge >= 0.3 is 0 Å². The van der Waals surface area contributed by atoms with Gasteiger partial charge in [-0.3, -0.25) is 0 Å². The Hall–Kier alpha value is 0.137. The molecule has 0 spiro atoms. The maximum atomic E-state index is 9.90. The Morgan fingerprint density at radius 1 is 1.13 bits per heavy atom. The molecule has 0 heterocycles. The Morgan fingerprint density at radius 3 is 2.13 bits per heavy atom. The molecule has 2 nitrogen and oxygen atoms in total. The third-order valence-electron chi connectivity index (χ3n) is 3.92. The average molecular weight is 230 g/mol. The van der Waals surface area contributed by atoms with Crippen LogP contribution in [0, 0.1) is 0 Å². The van der Waals surface area contributed by atoms with Crippen LogP contribution in [0.1, 0.15) is 46.5 Å². The predicted molar refractivity (Wildman–Crippen MR) is 66.5 cm³/mol. The molecule has 90 valence electrons. The quantitative estimate of drug-likeness (QED) is 0.738. The molecule has 1 aliphatic carbocycles. The summed E-state index contributed by atoms with van der Waals surface area (Å²) < 4.78 is 6.24. The standard InChI is InChI=1S/C12H26O2Si/c1-12(2,3)15(4,5)14-11-9-7-6-8-10(11)13/h10-11,13H,6-9H2,1-5H3/t10-,11+/m0/s1. The summed E-state index contributed by atoms with van der Waals surface area (Å²) in [5.74, 6) is 0. The van der Waals surface area contributed by atoms with Crippen molar-refractivity contribution in [3.05, 3.63) is 0 Å². The van der Waals surface area contributed by atoms with Gasteiger partial charge in [0.05, 0.1) is 12.2 Å². The molecule has 0 amide bonds. The first-order valence-corrected chi connectivity index (χ1v) is 9.01. The molecule has 2 atom stereocenters. The van der Waals surface area contributed by atoms with E-state index in [1.807, 2.05) is 0 Å². The van der Waals surface area contributed by atoms with E-state index in [2.05, 4.69) is 33.9 Å². The molecular formula is C12H26O2Si. The Balaban J connectivity index is 2.59. The second-order valence-corrected chi connectivity index (χ2v) is 11.0. The maximum Gasteiger partial charge on any atom is 0.192 e. The average Bonchev–Trinajstić information content (AvgIpc) is 2.06. The molecule has 1 rings (SSSR count). The van der Waals surface area contributed by atoms with Crippen molar-refractivity contribution in [3.63, 3.8) is 0 Å². The molecule has 1 N–H and O–H groups in total. The zero-order valence-electron chi connectivity index (χ0n) is 10.8. The summed E-state index contributed by atoms with van der Waals surface area (Å²) in [6.07, 6.45) is 4.18. The van der Waals surface area contributed by atoms with Gasteiger partial charge in [0.25, 0.3) is 0 Å². The Morgan fingerprint density at radius 2 is 1.67 bits per heavy atom. The van der Waals surface area contributed by atoms with Gasteiger partial charge in [0.15, 0.2) is 8.32 Å². The van der Waals surface area contributed by atoms with Crippen molar-refractivity contribution >= 4 is 8.32 Å². The molecular weight excluding hydrogens is 204 g/mol. The van der Waals surface area contributed by atoms with Crippen LogP contribution in [0.15, 0.2) is 0 Å². The highest BCUT2D eigenvalue weighted by Gasteiger charge is 2.40.